The first-order chi connectivity index (χ1) is 17.8. The van der Waals surface area contributed by atoms with E-state index in [4.69, 9.17) is 10.5 Å². The quantitative estimate of drug-likeness (QED) is 0.188. The number of alkyl halides is 6. The lowest BCUT2D eigenvalue weighted by atomic mass is 9.71. The Morgan fingerprint density at radius 1 is 1.05 bits per heavy atom. The zero-order chi connectivity index (χ0) is 28.0. The van der Waals surface area contributed by atoms with Gasteiger partial charge >= 0.3 is 12.4 Å². The van der Waals surface area contributed by atoms with Gasteiger partial charge in [-0.05, 0) is 49.1 Å². The number of ether oxygens (including phenoxy) is 1. The first kappa shape index (κ1) is 29.1. The molecule has 1 saturated heterocycles. The Morgan fingerprint density at radius 2 is 1.68 bits per heavy atom. The van der Waals surface area contributed by atoms with Crippen molar-refractivity contribution in [1.29, 1.82) is 5.26 Å². The number of halogens is 6. The molecular weight excluding hydrogens is 512 g/mol. The van der Waals surface area contributed by atoms with Gasteiger partial charge in [0.25, 0.3) is 0 Å². The number of rotatable bonds is 8. The average Bonchev–Trinajstić information content (AvgIpc) is 2.90. The van der Waals surface area contributed by atoms with Crippen LogP contribution in [-0.2, 0) is 22.6 Å². The second-order valence-corrected chi connectivity index (χ2v) is 9.25. The van der Waals surface area contributed by atoms with E-state index in [9.17, 15) is 31.6 Å². The summed E-state index contributed by atoms with van der Waals surface area (Å²) in [5.74, 6) is 0. The van der Waals surface area contributed by atoms with Crippen molar-refractivity contribution in [2.45, 2.75) is 50.2 Å². The van der Waals surface area contributed by atoms with Crippen LogP contribution < -0.4 is 11.1 Å². The number of hydrogen-bond acceptors (Lipinski definition) is 5. The van der Waals surface area contributed by atoms with Gasteiger partial charge in [0.2, 0.25) is 0 Å². The monoisotopic (exact) mass is 539 g/mol. The first-order valence-corrected chi connectivity index (χ1v) is 11.7. The summed E-state index contributed by atoms with van der Waals surface area (Å²) in [6, 6.07) is 12.9. The molecule has 2 aromatic rings. The molecule has 0 unspecified atom stereocenters. The van der Waals surface area contributed by atoms with Crippen molar-refractivity contribution in [3.63, 3.8) is 0 Å². The average molecular weight is 540 g/mol. The van der Waals surface area contributed by atoms with Gasteiger partial charge in [-0.1, -0.05) is 30.3 Å². The normalized spacial score (nSPS) is 23.5. The third-order valence-corrected chi connectivity index (χ3v) is 6.72. The van der Waals surface area contributed by atoms with Gasteiger partial charge in [0.15, 0.2) is 0 Å². The van der Waals surface area contributed by atoms with Gasteiger partial charge in [0.1, 0.15) is 6.34 Å². The van der Waals surface area contributed by atoms with E-state index in [0.717, 1.165) is 11.9 Å². The second kappa shape index (κ2) is 11.5. The minimum Gasteiger partial charge on any atom is -0.388 e. The van der Waals surface area contributed by atoms with Gasteiger partial charge in [-0.3, -0.25) is 0 Å². The lowest BCUT2D eigenvalue weighted by Crippen LogP contribution is -2.55. The van der Waals surface area contributed by atoms with Crippen molar-refractivity contribution in [2.75, 3.05) is 13.2 Å². The summed E-state index contributed by atoms with van der Waals surface area (Å²) in [5, 5.41) is 20.6. The molecule has 1 aliphatic heterocycles. The number of hydrogen-bond donors (Lipinski definition) is 2. The molecule has 204 valence electrons. The Hall–Kier alpha value is -3.43. The summed E-state index contributed by atoms with van der Waals surface area (Å²) < 4.78 is 85.9. The molecule has 3 atom stereocenters. The fraction of sp³-hybridized carbons (Fsp3) is 0.423. The van der Waals surface area contributed by atoms with Crippen LogP contribution in [0.3, 0.4) is 0 Å². The molecule has 2 aromatic carbocycles. The fourth-order valence-corrected chi connectivity index (χ4v) is 4.37. The van der Waals surface area contributed by atoms with Crippen molar-refractivity contribution >= 4 is 12.6 Å². The molecule has 1 aliphatic rings. The van der Waals surface area contributed by atoms with Crippen LogP contribution in [0, 0.1) is 16.7 Å². The van der Waals surface area contributed by atoms with Gasteiger partial charge in [-0.2, -0.15) is 36.7 Å². The molecule has 3 N–H and O–H groups in total. The van der Waals surface area contributed by atoms with Crippen LogP contribution in [0.4, 0.5) is 26.3 Å². The molecule has 0 bridgehead atoms. The molecule has 0 aromatic heterocycles. The Bertz CT molecular complexity index is 1150. The Balaban J connectivity index is 1.86. The topological polar surface area (TPSA) is 95.8 Å². The number of nitrogens with one attached hydrogen (secondary N) is 1. The third kappa shape index (κ3) is 6.90. The van der Waals surface area contributed by atoms with Crippen molar-refractivity contribution in [3.8, 4) is 6.07 Å². The van der Waals surface area contributed by atoms with Crippen LogP contribution in [0.2, 0.25) is 0 Å². The summed E-state index contributed by atoms with van der Waals surface area (Å²) in [6.45, 7) is 1.60. The molecule has 0 radical (unpaired) electrons. The van der Waals surface area contributed by atoms with Crippen molar-refractivity contribution in [1.82, 2.24) is 5.32 Å². The molecule has 1 heterocycles. The highest BCUT2D eigenvalue weighted by Crippen LogP contribution is 2.41. The third-order valence-electron chi connectivity index (χ3n) is 6.72. The van der Waals surface area contributed by atoms with Crippen LogP contribution >= 0.6 is 0 Å². The fourth-order valence-electron chi connectivity index (χ4n) is 4.37. The Morgan fingerprint density at radius 3 is 2.18 bits per heavy atom. The summed E-state index contributed by atoms with van der Waals surface area (Å²) in [7, 11) is 0. The first-order valence-electron chi connectivity index (χ1n) is 11.7. The molecule has 0 aliphatic carbocycles. The minimum atomic E-state index is -4.95. The van der Waals surface area contributed by atoms with E-state index >= 15 is 0 Å². The van der Waals surface area contributed by atoms with Gasteiger partial charge in [-0.15, -0.1) is 5.10 Å². The molecule has 38 heavy (non-hydrogen) atoms. The number of nitrogens with two attached hydrogens (primary N) is 1. The van der Waals surface area contributed by atoms with Gasteiger partial charge in [-0.25, -0.2) is 0 Å². The molecule has 0 saturated carbocycles. The maximum absolute atomic E-state index is 13.3. The number of piperidine rings is 1. The molecule has 1 fully saturated rings. The predicted molar refractivity (Wildman–Crippen MR) is 130 cm³/mol. The lowest BCUT2D eigenvalue weighted by molar-refractivity contribution is -0.143. The Kier molecular flexibility index (Phi) is 8.84. The SMILES string of the molecule is C[C@@H](OC[C@@]1(c2ccccc2)CC[C@@](C#N)(C/C=N\N=C/N)CN1)c1cc(C(F)(F)F)cc(C(F)(F)F)c1. The van der Waals surface area contributed by atoms with Crippen LogP contribution in [0.5, 0.6) is 0 Å². The van der Waals surface area contributed by atoms with Crippen LogP contribution in [0.25, 0.3) is 0 Å². The Labute approximate surface area is 216 Å². The van der Waals surface area contributed by atoms with Crippen molar-refractivity contribution < 1.29 is 31.1 Å². The second-order valence-electron chi connectivity index (χ2n) is 9.25. The van der Waals surface area contributed by atoms with E-state index in [1.165, 1.54) is 13.1 Å². The van der Waals surface area contributed by atoms with E-state index in [1.807, 2.05) is 30.3 Å². The predicted octanol–water partition coefficient (Wildman–Crippen LogP) is 5.95. The van der Waals surface area contributed by atoms with Crippen LogP contribution in [0.15, 0.2) is 58.7 Å². The van der Waals surface area contributed by atoms with Crippen molar-refractivity contribution in [2.24, 2.45) is 21.4 Å². The standard InChI is InChI=1S/C26H27F6N5O/c1-18(19-11-21(25(27,28)29)13-22(12-19)26(30,31)32)38-16-24(20-5-3-2-4-6-20)8-7-23(14-33,15-35-24)9-10-36-37-17-34/h2-6,10-13,17-18,35H,7-9,15-16H2,1H3,(H2,34,37)/b36-10-/t18-,23+,24-/m1/s1. The number of nitrogens with zero attached hydrogens (tertiary/aromatic N) is 3. The summed E-state index contributed by atoms with van der Waals surface area (Å²) in [5.41, 5.74) is 1.33. The highest BCUT2D eigenvalue weighted by molar-refractivity contribution is 5.61. The highest BCUT2D eigenvalue weighted by atomic mass is 19.4. The van der Waals surface area contributed by atoms with E-state index in [1.54, 1.807) is 0 Å². The van der Waals surface area contributed by atoms with Crippen molar-refractivity contribution in [3.05, 3.63) is 70.8 Å². The van der Waals surface area contributed by atoms with E-state index in [-0.39, 0.29) is 24.8 Å². The number of nitriles is 1. The molecular formula is C26H27F6N5O. The molecule has 0 amide bonds. The van der Waals surface area contributed by atoms with Crippen LogP contribution in [0.1, 0.15) is 54.5 Å². The zero-order valence-electron chi connectivity index (χ0n) is 20.5. The molecule has 0 spiro atoms. The van der Waals surface area contributed by atoms with Gasteiger partial charge in [0, 0.05) is 19.2 Å². The lowest BCUT2D eigenvalue weighted by Gasteiger charge is -2.45. The molecule has 12 heteroatoms. The largest absolute Gasteiger partial charge is 0.416 e. The summed E-state index contributed by atoms with van der Waals surface area (Å²) in [6.07, 6.45) is -7.31. The van der Waals surface area contributed by atoms with Gasteiger partial charge in [0.05, 0.1) is 40.9 Å². The van der Waals surface area contributed by atoms with E-state index < -0.39 is 40.5 Å². The zero-order valence-corrected chi connectivity index (χ0v) is 20.5. The number of benzene rings is 2. The van der Waals surface area contributed by atoms with E-state index in [2.05, 4.69) is 21.6 Å². The van der Waals surface area contributed by atoms with Crippen LogP contribution in [-0.4, -0.2) is 25.7 Å². The smallest absolute Gasteiger partial charge is 0.388 e. The van der Waals surface area contributed by atoms with Gasteiger partial charge < -0.3 is 15.8 Å². The highest BCUT2D eigenvalue weighted by Gasteiger charge is 2.44. The maximum atomic E-state index is 13.3. The molecule has 3 rings (SSSR count). The maximum Gasteiger partial charge on any atom is 0.416 e. The van der Waals surface area contributed by atoms with E-state index in [0.29, 0.717) is 31.4 Å². The minimum absolute atomic E-state index is 0.0527. The molecule has 6 nitrogen and oxygen atoms in total. The summed E-state index contributed by atoms with van der Waals surface area (Å²) >= 11 is 0. The summed E-state index contributed by atoms with van der Waals surface area (Å²) in [4.78, 5) is 0.